The highest BCUT2D eigenvalue weighted by Gasteiger charge is 2.61. The normalized spacial score (nSPS) is 24.8. The van der Waals surface area contributed by atoms with Gasteiger partial charge in [0.15, 0.2) is 0 Å². The molecule has 1 amide bonds. The molecule has 0 unspecified atom stereocenters. The number of aliphatic hydroxyl groups is 1. The number of amides is 1. The van der Waals surface area contributed by atoms with E-state index in [4.69, 9.17) is 0 Å². The fourth-order valence-electron chi connectivity index (χ4n) is 2.65. The molecule has 110 valence electrons. The zero-order chi connectivity index (χ0) is 14.1. The summed E-state index contributed by atoms with van der Waals surface area (Å²) in [5.41, 5.74) is -2.12. The molecule has 0 aromatic heterocycles. The number of carbonyl (C=O) groups excluding carboxylic acids is 1. The van der Waals surface area contributed by atoms with Crippen LogP contribution in [-0.4, -0.2) is 54.1 Å². The van der Waals surface area contributed by atoms with Crippen molar-refractivity contribution in [3.05, 3.63) is 0 Å². The van der Waals surface area contributed by atoms with E-state index in [0.29, 0.717) is 6.42 Å². The van der Waals surface area contributed by atoms with Crippen molar-refractivity contribution in [2.75, 3.05) is 26.7 Å². The second-order valence-electron chi connectivity index (χ2n) is 5.92. The zero-order valence-electron chi connectivity index (χ0n) is 11.3. The van der Waals surface area contributed by atoms with E-state index >= 15 is 0 Å². The lowest BCUT2D eigenvalue weighted by molar-refractivity contribution is -0.216. The van der Waals surface area contributed by atoms with Gasteiger partial charge in [-0.05, 0) is 58.2 Å². The summed E-state index contributed by atoms with van der Waals surface area (Å²) in [6.45, 7) is 2.14. The van der Waals surface area contributed by atoms with Gasteiger partial charge in [0, 0.05) is 6.54 Å². The van der Waals surface area contributed by atoms with E-state index in [1.807, 2.05) is 7.05 Å². The van der Waals surface area contributed by atoms with Crippen molar-refractivity contribution >= 4 is 5.91 Å². The number of likely N-dealkylation sites (tertiary alicyclic amines) is 1. The molecule has 1 aliphatic carbocycles. The number of nitrogens with one attached hydrogen (secondary N) is 1. The monoisotopic (exact) mass is 276 g/mol. The van der Waals surface area contributed by atoms with Gasteiger partial charge in [-0.2, -0.15) is 8.78 Å². The van der Waals surface area contributed by atoms with Crippen LogP contribution in [0.15, 0.2) is 0 Å². The molecule has 1 saturated heterocycles. The summed E-state index contributed by atoms with van der Waals surface area (Å²) >= 11 is 0. The Balaban J connectivity index is 1.81. The minimum absolute atomic E-state index is 0.00163. The molecule has 0 spiro atoms. The van der Waals surface area contributed by atoms with Gasteiger partial charge in [0.2, 0.25) is 0 Å². The number of piperidine rings is 1. The van der Waals surface area contributed by atoms with Gasteiger partial charge in [0.05, 0.1) is 0 Å². The maximum atomic E-state index is 13.8. The van der Waals surface area contributed by atoms with Gasteiger partial charge < -0.3 is 15.3 Å². The summed E-state index contributed by atoms with van der Waals surface area (Å²) in [4.78, 5) is 13.8. The van der Waals surface area contributed by atoms with Crippen LogP contribution in [0, 0.1) is 5.92 Å². The molecule has 4 nitrogen and oxygen atoms in total. The summed E-state index contributed by atoms with van der Waals surface area (Å²) in [6.07, 6.45) is 2.37. The minimum Gasteiger partial charge on any atom is -0.383 e. The van der Waals surface area contributed by atoms with E-state index in [-0.39, 0.29) is 25.3 Å². The molecule has 19 heavy (non-hydrogen) atoms. The third-order valence-corrected chi connectivity index (χ3v) is 4.44. The first-order valence-electron chi connectivity index (χ1n) is 6.92. The quantitative estimate of drug-likeness (QED) is 0.805. The predicted octanol–water partition coefficient (Wildman–Crippen LogP) is 0.995. The van der Waals surface area contributed by atoms with Crippen LogP contribution in [0.4, 0.5) is 8.78 Å². The van der Waals surface area contributed by atoms with Crippen molar-refractivity contribution in [2.24, 2.45) is 5.92 Å². The van der Waals surface area contributed by atoms with Crippen molar-refractivity contribution in [1.29, 1.82) is 0 Å². The Morgan fingerprint density at radius 1 is 1.42 bits per heavy atom. The molecule has 1 saturated carbocycles. The number of alkyl halides is 2. The van der Waals surface area contributed by atoms with E-state index in [0.717, 1.165) is 25.9 Å². The first kappa shape index (κ1) is 14.7. The van der Waals surface area contributed by atoms with E-state index in [2.05, 4.69) is 10.2 Å². The van der Waals surface area contributed by atoms with E-state index in [1.165, 1.54) is 0 Å². The molecule has 2 fully saturated rings. The van der Waals surface area contributed by atoms with E-state index < -0.39 is 17.4 Å². The van der Waals surface area contributed by atoms with E-state index in [1.54, 1.807) is 0 Å². The number of halogens is 2. The summed E-state index contributed by atoms with van der Waals surface area (Å²) in [5, 5.41) is 12.0. The molecular formula is C13H22F2N2O2. The minimum atomic E-state index is -3.67. The number of carbonyl (C=O) groups is 1. The fraction of sp³-hybridized carbons (Fsp3) is 0.923. The molecule has 1 heterocycles. The van der Waals surface area contributed by atoms with Crippen molar-refractivity contribution in [1.82, 2.24) is 10.2 Å². The van der Waals surface area contributed by atoms with Crippen LogP contribution in [0.5, 0.6) is 0 Å². The first-order chi connectivity index (χ1) is 8.85. The van der Waals surface area contributed by atoms with Crippen LogP contribution in [0.1, 0.15) is 32.1 Å². The van der Waals surface area contributed by atoms with Crippen LogP contribution in [-0.2, 0) is 4.79 Å². The summed E-state index contributed by atoms with van der Waals surface area (Å²) in [6, 6.07) is 0. The van der Waals surface area contributed by atoms with Gasteiger partial charge in [0.1, 0.15) is 5.60 Å². The van der Waals surface area contributed by atoms with Crippen LogP contribution in [0.2, 0.25) is 0 Å². The molecule has 0 bridgehead atoms. The highest BCUT2D eigenvalue weighted by Crippen LogP contribution is 2.44. The standard InChI is InChI=1S/C13H22F2N2O2/c1-17-7-3-10(4-8-17)9-16-11(18)13(14,15)12(19)5-2-6-12/h10,19H,2-9H2,1H3,(H,16,18). The van der Waals surface area contributed by atoms with Crippen molar-refractivity contribution in [3.8, 4) is 0 Å². The van der Waals surface area contributed by atoms with E-state index in [9.17, 15) is 18.7 Å². The van der Waals surface area contributed by atoms with Crippen molar-refractivity contribution < 1.29 is 18.7 Å². The van der Waals surface area contributed by atoms with Gasteiger partial charge in [-0.15, -0.1) is 0 Å². The Kier molecular flexibility index (Phi) is 4.11. The third-order valence-electron chi connectivity index (χ3n) is 4.44. The third kappa shape index (κ3) is 2.89. The van der Waals surface area contributed by atoms with Crippen LogP contribution in [0.3, 0.4) is 0 Å². The average molecular weight is 276 g/mol. The Morgan fingerprint density at radius 3 is 2.47 bits per heavy atom. The number of hydrogen-bond acceptors (Lipinski definition) is 3. The SMILES string of the molecule is CN1CCC(CNC(=O)C(F)(F)C2(O)CCC2)CC1. The van der Waals surface area contributed by atoms with Crippen LogP contribution < -0.4 is 5.32 Å². The van der Waals surface area contributed by atoms with Crippen molar-refractivity contribution in [2.45, 2.75) is 43.6 Å². The number of rotatable bonds is 4. The second-order valence-corrected chi connectivity index (χ2v) is 5.92. The van der Waals surface area contributed by atoms with Crippen molar-refractivity contribution in [3.63, 3.8) is 0 Å². The first-order valence-corrected chi connectivity index (χ1v) is 6.92. The van der Waals surface area contributed by atoms with Crippen LogP contribution in [0.25, 0.3) is 0 Å². The highest BCUT2D eigenvalue weighted by molar-refractivity contribution is 5.85. The average Bonchev–Trinajstić information content (AvgIpc) is 2.34. The van der Waals surface area contributed by atoms with Gasteiger partial charge in [0.25, 0.3) is 5.91 Å². The molecule has 2 N–H and O–H groups in total. The molecule has 0 aromatic rings. The lowest BCUT2D eigenvalue weighted by Gasteiger charge is -2.41. The molecule has 0 atom stereocenters. The molecule has 6 heteroatoms. The van der Waals surface area contributed by atoms with Gasteiger partial charge >= 0.3 is 5.92 Å². The fourth-order valence-corrected chi connectivity index (χ4v) is 2.65. The number of hydrogen-bond donors (Lipinski definition) is 2. The molecular weight excluding hydrogens is 254 g/mol. The zero-order valence-corrected chi connectivity index (χ0v) is 11.3. The summed E-state index contributed by atoms with van der Waals surface area (Å²) in [5.74, 6) is -4.74. The topological polar surface area (TPSA) is 52.6 Å². The maximum absolute atomic E-state index is 13.8. The highest BCUT2D eigenvalue weighted by atomic mass is 19.3. The predicted molar refractivity (Wildman–Crippen MR) is 67.0 cm³/mol. The smallest absolute Gasteiger partial charge is 0.352 e. The van der Waals surface area contributed by atoms with Gasteiger partial charge in [-0.3, -0.25) is 4.79 Å². The Bertz CT molecular complexity index is 338. The van der Waals surface area contributed by atoms with Gasteiger partial charge in [-0.25, -0.2) is 0 Å². The maximum Gasteiger partial charge on any atom is 0.352 e. The largest absolute Gasteiger partial charge is 0.383 e. The Morgan fingerprint density at radius 2 is 2.00 bits per heavy atom. The molecule has 0 radical (unpaired) electrons. The molecule has 0 aromatic carbocycles. The summed E-state index contributed by atoms with van der Waals surface area (Å²) in [7, 11) is 2.02. The number of nitrogens with zero attached hydrogens (tertiary/aromatic N) is 1. The molecule has 2 rings (SSSR count). The second kappa shape index (κ2) is 5.32. The Hall–Kier alpha value is -0.750. The Labute approximate surface area is 112 Å². The van der Waals surface area contributed by atoms with Crippen LogP contribution >= 0.6 is 0 Å². The molecule has 1 aliphatic heterocycles. The summed E-state index contributed by atoms with van der Waals surface area (Å²) < 4.78 is 27.6. The molecule has 2 aliphatic rings. The lowest BCUT2D eigenvalue weighted by Crippen LogP contribution is -2.61. The lowest BCUT2D eigenvalue weighted by atomic mass is 9.75. The van der Waals surface area contributed by atoms with Gasteiger partial charge in [-0.1, -0.05) is 0 Å².